The molecular weight excluding hydrogens is 269 g/mol. The van der Waals surface area contributed by atoms with E-state index in [-0.39, 0.29) is 17.8 Å². The number of likely N-dealkylation sites (N-methyl/N-ethyl adjacent to an activating group) is 1. The van der Waals surface area contributed by atoms with Crippen molar-refractivity contribution >= 4 is 5.91 Å². The molecule has 1 aromatic rings. The Morgan fingerprint density at radius 2 is 2.14 bits per heavy atom. The summed E-state index contributed by atoms with van der Waals surface area (Å²) in [6.07, 6.45) is 0.984. The fourth-order valence-electron chi connectivity index (χ4n) is 2.60. The van der Waals surface area contributed by atoms with E-state index in [4.69, 9.17) is 0 Å². The molecule has 0 radical (unpaired) electrons. The highest BCUT2D eigenvalue weighted by Crippen LogP contribution is 2.21. The molecule has 1 N–H and O–H groups in total. The fourth-order valence-corrected chi connectivity index (χ4v) is 2.60. The second-order valence-electron chi connectivity index (χ2n) is 5.60. The minimum atomic E-state index is -0.219. The molecule has 0 aromatic heterocycles. The number of halogens is 1. The van der Waals surface area contributed by atoms with Gasteiger partial charge in [0.1, 0.15) is 5.82 Å². The molecule has 1 unspecified atom stereocenters. The molecule has 2 rings (SSSR count). The van der Waals surface area contributed by atoms with Crippen molar-refractivity contribution in [1.29, 1.82) is 0 Å². The van der Waals surface area contributed by atoms with Gasteiger partial charge in [-0.1, -0.05) is 18.2 Å². The third-order valence-electron chi connectivity index (χ3n) is 4.09. The number of benzene rings is 1. The summed E-state index contributed by atoms with van der Waals surface area (Å²) in [5.74, 6) is -0.104. The monoisotopic (exact) mass is 293 g/mol. The van der Waals surface area contributed by atoms with Crippen LogP contribution in [0.2, 0.25) is 0 Å². The second-order valence-corrected chi connectivity index (χ2v) is 5.60. The standard InChI is InChI=1S/C16H24FN3O/c1-13(14-6-3-4-7-15(14)17)19(2)12-16(21)20-10-5-8-18-9-11-20/h3-4,6-7,13,18H,5,8-12H2,1-2H3. The first-order chi connectivity index (χ1) is 10.1. The van der Waals surface area contributed by atoms with Crippen LogP contribution in [0.4, 0.5) is 4.39 Å². The molecule has 1 aliphatic heterocycles. The quantitative estimate of drug-likeness (QED) is 0.917. The number of nitrogens with zero attached hydrogens (tertiary/aromatic N) is 2. The van der Waals surface area contributed by atoms with Crippen LogP contribution in [0.25, 0.3) is 0 Å². The number of carbonyl (C=O) groups excluding carboxylic acids is 1. The van der Waals surface area contributed by atoms with E-state index in [2.05, 4.69) is 5.32 Å². The summed E-state index contributed by atoms with van der Waals surface area (Å²) >= 11 is 0. The lowest BCUT2D eigenvalue weighted by Gasteiger charge is -2.28. The highest BCUT2D eigenvalue weighted by atomic mass is 19.1. The van der Waals surface area contributed by atoms with Gasteiger partial charge >= 0.3 is 0 Å². The van der Waals surface area contributed by atoms with E-state index >= 15 is 0 Å². The lowest BCUT2D eigenvalue weighted by atomic mass is 10.1. The first kappa shape index (κ1) is 15.9. The Bertz CT molecular complexity index is 472. The molecule has 5 heteroatoms. The van der Waals surface area contributed by atoms with Gasteiger partial charge in [0.25, 0.3) is 0 Å². The fraction of sp³-hybridized carbons (Fsp3) is 0.562. The number of amides is 1. The average Bonchev–Trinajstić information content (AvgIpc) is 2.76. The summed E-state index contributed by atoms with van der Waals surface area (Å²) in [5, 5.41) is 3.28. The molecule has 116 valence electrons. The van der Waals surface area contributed by atoms with Crippen LogP contribution < -0.4 is 5.32 Å². The van der Waals surface area contributed by atoms with Crippen molar-refractivity contribution in [1.82, 2.24) is 15.1 Å². The summed E-state index contributed by atoms with van der Waals surface area (Å²) in [5.41, 5.74) is 0.630. The van der Waals surface area contributed by atoms with E-state index in [1.54, 1.807) is 12.1 Å². The van der Waals surface area contributed by atoms with Crippen LogP contribution >= 0.6 is 0 Å². The van der Waals surface area contributed by atoms with Gasteiger partial charge in [0, 0.05) is 31.2 Å². The number of carbonyl (C=O) groups is 1. The zero-order chi connectivity index (χ0) is 15.2. The lowest BCUT2D eigenvalue weighted by Crippen LogP contribution is -2.41. The van der Waals surface area contributed by atoms with Crippen LogP contribution in [-0.2, 0) is 4.79 Å². The van der Waals surface area contributed by atoms with Crippen molar-refractivity contribution in [3.8, 4) is 0 Å². The second kappa shape index (κ2) is 7.52. The van der Waals surface area contributed by atoms with E-state index in [0.29, 0.717) is 12.1 Å². The van der Waals surface area contributed by atoms with Gasteiger partial charge < -0.3 is 10.2 Å². The topological polar surface area (TPSA) is 35.6 Å². The molecular formula is C16H24FN3O. The van der Waals surface area contributed by atoms with Crippen LogP contribution in [-0.4, -0.2) is 55.5 Å². The summed E-state index contributed by atoms with van der Waals surface area (Å²) in [7, 11) is 1.87. The molecule has 21 heavy (non-hydrogen) atoms. The Hall–Kier alpha value is -1.46. The van der Waals surface area contributed by atoms with Crippen molar-refractivity contribution in [3.05, 3.63) is 35.6 Å². The van der Waals surface area contributed by atoms with Crippen LogP contribution in [0.5, 0.6) is 0 Å². The molecule has 4 nitrogen and oxygen atoms in total. The maximum atomic E-state index is 13.8. The van der Waals surface area contributed by atoms with E-state index in [9.17, 15) is 9.18 Å². The smallest absolute Gasteiger partial charge is 0.236 e. The van der Waals surface area contributed by atoms with Gasteiger partial charge in [0.05, 0.1) is 6.54 Å². The number of hydrogen-bond acceptors (Lipinski definition) is 3. The van der Waals surface area contributed by atoms with Crippen molar-refractivity contribution in [2.45, 2.75) is 19.4 Å². The van der Waals surface area contributed by atoms with Gasteiger partial charge in [-0.25, -0.2) is 4.39 Å². The first-order valence-corrected chi connectivity index (χ1v) is 7.52. The number of rotatable bonds is 4. The molecule has 1 saturated heterocycles. The normalized spacial score (nSPS) is 17.6. The van der Waals surface area contributed by atoms with Crippen LogP contribution in [0.1, 0.15) is 24.9 Å². The SMILES string of the molecule is CC(c1ccccc1F)N(C)CC(=O)N1CCCNCC1. The lowest BCUT2D eigenvalue weighted by molar-refractivity contribution is -0.132. The zero-order valence-electron chi connectivity index (χ0n) is 12.8. The minimum Gasteiger partial charge on any atom is -0.340 e. The van der Waals surface area contributed by atoms with Crippen LogP contribution in [0.15, 0.2) is 24.3 Å². The Morgan fingerprint density at radius 3 is 2.90 bits per heavy atom. The predicted molar refractivity (Wildman–Crippen MR) is 81.5 cm³/mol. The van der Waals surface area contributed by atoms with E-state index in [1.807, 2.05) is 29.8 Å². The van der Waals surface area contributed by atoms with Crippen molar-refractivity contribution < 1.29 is 9.18 Å². The van der Waals surface area contributed by atoms with E-state index in [1.165, 1.54) is 6.07 Å². The summed E-state index contributed by atoms with van der Waals surface area (Å²) < 4.78 is 13.8. The Balaban J connectivity index is 1.95. The summed E-state index contributed by atoms with van der Waals surface area (Å²) in [6.45, 7) is 5.60. The molecule has 0 saturated carbocycles. The van der Waals surface area contributed by atoms with Gasteiger partial charge in [0.15, 0.2) is 0 Å². The minimum absolute atomic E-state index is 0.115. The van der Waals surface area contributed by atoms with Crippen molar-refractivity contribution in [3.63, 3.8) is 0 Å². The largest absolute Gasteiger partial charge is 0.340 e. The first-order valence-electron chi connectivity index (χ1n) is 7.52. The maximum absolute atomic E-state index is 13.8. The molecule has 1 heterocycles. The van der Waals surface area contributed by atoms with Gasteiger partial charge in [-0.15, -0.1) is 0 Å². The predicted octanol–water partition coefficient (Wildman–Crippen LogP) is 1.64. The average molecular weight is 293 g/mol. The Kier molecular flexibility index (Phi) is 5.70. The molecule has 0 aliphatic carbocycles. The third-order valence-corrected chi connectivity index (χ3v) is 4.09. The molecule has 1 fully saturated rings. The molecule has 0 bridgehead atoms. The van der Waals surface area contributed by atoms with E-state index in [0.717, 1.165) is 32.6 Å². The number of hydrogen-bond donors (Lipinski definition) is 1. The van der Waals surface area contributed by atoms with Gasteiger partial charge in [0.2, 0.25) is 5.91 Å². The van der Waals surface area contributed by atoms with Gasteiger partial charge in [-0.2, -0.15) is 0 Å². The van der Waals surface area contributed by atoms with Crippen LogP contribution in [0.3, 0.4) is 0 Å². The molecule has 1 atom stereocenters. The molecule has 1 amide bonds. The van der Waals surface area contributed by atoms with Crippen molar-refractivity contribution in [2.24, 2.45) is 0 Å². The Morgan fingerprint density at radius 1 is 1.38 bits per heavy atom. The molecule has 1 aromatic carbocycles. The number of nitrogens with one attached hydrogen (secondary N) is 1. The molecule has 0 spiro atoms. The van der Waals surface area contributed by atoms with E-state index < -0.39 is 0 Å². The van der Waals surface area contributed by atoms with Gasteiger partial charge in [-0.3, -0.25) is 9.69 Å². The van der Waals surface area contributed by atoms with Crippen molar-refractivity contribution in [2.75, 3.05) is 39.8 Å². The zero-order valence-corrected chi connectivity index (χ0v) is 12.8. The third kappa shape index (κ3) is 4.25. The Labute approximate surface area is 125 Å². The summed E-state index contributed by atoms with van der Waals surface area (Å²) in [6, 6.07) is 6.62. The maximum Gasteiger partial charge on any atom is 0.236 e. The molecule has 1 aliphatic rings. The van der Waals surface area contributed by atoms with Crippen LogP contribution in [0, 0.1) is 5.82 Å². The van der Waals surface area contributed by atoms with Gasteiger partial charge in [-0.05, 0) is 33.0 Å². The summed E-state index contributed by atoms with van der Waals surface area (Å²) in [4.78, 5) is 16.1. The highest BCUT2D eigenvalue weighted by Gasteiger charge is 2.21. The highest BCUT2D eigenvalue weighted by molar-refractivity contribution is 5.78.